The van der Waals surface area contributed by atoms with Crippen LogP contribution in [0.15, 0.2) is 18.5 Å². The quantitative estimate of drug-likeness (QED) is 0.884. The zero-order chi connectivity index (χ0) is 13.1. The number of nitrogens with two attached hydrogens (primary N) is 1. The number of amides is 1. The summed E-state index contributed by atoms with van der Waals surface area (Å²) >= 11 is 0. The van der Waals surface area contributed by atoms with Crippen molar-refractivity contribution >= 4 is 5.91 Å². The molecular weight excluding hydrogens is 226 g/mol. The highest BCUT2D eigenvalue weighted by Crippen LogP contribution is 2.19. The second kappa shape index (κ2) is 5.57. The van der Waals surface area contributed by atoms with Crippen LogP contribution in [-0.2, 0) is 11.3 Å². The van der Waals surface area contributed by atoms with Crippen molar-refractivity contribution in [2.75, 3.05) is 13.1 Å². The number of nitrogens with zero attached hydrogens (tertiary/aromatic N) is 2. The molecule has 0 saturated carbocycles. The van der Waals surface area contributed by atoms with Gasteiger partial charge in [0.1, 0.15) is 6.54 Å². The largest absolute Gasteiger partial charge is 0.345 e. The van der Waals surface area contributed by atoms with E-state index >= 15 is 0 Å². The lowest BCUT2D eigenvalue weighted by Crippen LogP contribution is -2.30. The number of carbonyl (C=O) groups excluding carboxylic acids is 1. The molecule has 18 heavy (non-hydrogen) atoms. The monoisotopic (exact) mass is 249 g/mol. The number of rotatable bonds is 4. The Morgan fingerprint density at radius 3 is 2.67 bits per heavy atom. The van der Waals surface area contributed by atoms with Crippen LogP contribution in [0.5, 0.6) is 0 Å². The number of aromatic nitrogens is 1. The summed E-state index contributed by atoms with van der Waals surface area (Å²) in [7, 11) is 0. The Hall–Kier alpha value is -1.29. The van der Waals surface area contributed by atoms with Gasteiger partial charge in [0.25, 0.3) is 0 Å². The summed E-state index contributed by atoms with van der Waals surface area (Å²) in [5, 5.41) is 0. The first-order chi connectivity index (χ1) is 8.58. The average molecular weight is 249 g/mol. The normalized spacial score (nSPS) is 17.4. The predicted molar refractivity (Wildman–Crippen MR) is 72.0 cm³/mol. The summed E-state index contributed by atoms with van der Waals surface area (Å²) in [6.07, 6.45) is 6.23. The van der Waals surface area contributed by atoms with Crippen LogP contribution in [0, 0.1) is 5.92 Å². The molecule has 1 fully saturated rings. The fourth-order valence-corrected chi connectivity index (χ4v) is 2.36. The highest BCUT2D eigenvalue weighted by atomic mass is 16.2. The SMILES string of the molecule is CC(C)C(N)c1ccn(CC(=O)N2CCCC2)c1. The molecule has 2 rings (SSSR count). The Balaban J connectivity index is 1.95. The van der Waals surface area contributed by atoms with Crippen LogP contribution >= 0.6 is 0 Å². The molecule has 2 heterocycles. The van der Waals surface area contributed by atoms with Crippen LogP contribution in [0.1, 0.15) is 38.3 Å². The lowest BCUT2D eigenvalue weighted by molar-refractivity contribution is -0.130. The van der Waals surface area contributed by atoms with Gasteiger partial charge in [0.15, 0.2) is 0 Å². The molecule has 2 N–H and O–H groups in total. The number of likely N-dealkylation sites (tertiary alicyclic amines) is 1. The highest BCUT2D eigenvalue weighted by Gasteiger charge is 2.18. The third-order valence-corrected chi connectivity index (χ3v) is 3.65. The van der Waals surface area contributed by atoms with Gasteiger partial charge in [-0.25, -0.2) is 0 Å². The van der Waals surface area contributed by atoms with E-state index in [4.69, 9.17) is 5.73 Å². The minimum Gasteiger partial charge on any atom is -0.345 e. The van der Waals surface area contributed by atoms with Crippen LogP contribution < -0.4 is 5.73 Å². The van der Waals surface area contributed by atoms with Crippen LogP contribution in [0.25, 0.3) is 0 Å². The molecule has 1 aromatic rings. The zero-order valence-corrected chi connectivity index (χ0v) is 11.3. The minimum absolute atomic E-state index is 0.0492. The van der Waals surface area contributed by atoms with E-state index in [0.29, 0.717) is 12.5 Å². The van der Waals surface area contributed by atoms with Crippen molar-refractivity contribution in [2.24, 2.45) is 11.7 Å². The molecule has 4 nitrogen and oxygen atoms in total. The Kier molecular flexibility index (Phi) is 4.07. The van der Waals surface area contributed by atoms with Gasteiger partial charge in [0, 0.05) is 31.5 Å². The fraction of sp³-hybridized carbons (Fsp3) is 0.643. The van der Waals surface area contributed by atoms with Crippen molar-refractivity contribution in [1.29, 1.82) is 0 Å². The van der Waals surface area contributed by atoms with E-state index < -0.39 is 0 Å². The summed E-state index contributed by atoms with van der Waals surface area (Å²) < 4.78 is 1.94. The molecule has 4 heteroatoms. The number of carbonyl (C=O) groups is 1. The van der Waals surface area contributed by atoms with E-state index in [1.54, 1.807) is 0 Å². The standard InChI is InChI=1S/C14H23N3O/c1-11(2)14(15)12-5-8-16(9-12)10-13(18)17-6-3-4-7-17/h5,8-9,11,14H,3-4,6-7,10,15H2,1-2H3. The Labute approximate surface area is 109 Å². The van der Waals surface area contributed by atoms with E-state index in [9.17, 15) is 4.79 Å². The summed E-state index contributed by atoms with van der Waals surface area (Å²) in [5.74, 6) is 0.628. The molecule has 1 unspecified atom stereocenters. The third kappa shape index (κ3) is 2.93. The molecule has 1 amide bonds. The molecule has 0 aromatic carbocycles. The van der Waals surface area contributed by atoms with Gasteiger partial charge in [0.2, 0.25) is 5.91 Å². The van der Waals surface area contributed by atoms with Crippen LogP contribution in [0.3, 0.4) is 0 Å². The maximum atomic E-state index is 12.0. The van der Waals surface area contributed by atoms with Gasteiger partial charge in [-0.1, -0.05) is 13.8 Å². The lowest BCUT2D eigenvalue weighted by Gasteiger charge is -2.16. The molecular formula is C14H23N3O. The first-order valence-electron chi connectivity index (χ1n) is 6.77. The number of hydrogen-bond donors (Lipinski definition) is 1. The Morgan fingerprint density at radius 1 is 1.39 bits per heavy atom. The smallest absolute Gasteiger partial charge is 0.242 e. The summed E-state index contributed by atoms with van der Waals surface area (Å²) in [5.41, 5.74) is 7.21. The molecule has 1 saturated heterocycles. The van der Waals surface area contributed by atoms with Gasteiger partial charge < -0.3 is 15.2 Å². The van der Waals surface area contributed by atoms with Crippen LogP contribution in [0.4, 0.5) is 0 Å². The van der Waals surface area contributed by atoms with Crippen molar-refractivity contribution in [3.63, 3.8) is 0 Å². The maximum Gasteiger partial charge on any atom is 0.242 e. The van der Waals surface area contributed by atoms with Gasteiger partial charge in [-0.15, -0.1) is 0 Å². The minimum atomic E-state index is 0.0492. The van der Waals surface area contributed by atoms with Crippen molar-refractivity contribution in [3.8, 4) is 0 Å². The molecule has 0 bridgehead atoms. The first-order valence-corrected chi connectivity index (χ1v) is 6.77. The molecule has 0 spiro atoms. The molecule has 0 aliphatic carbocycles. The van der Waals surface area contributed by atoms with Crippen molar-refractivity contribution in [3.05, 3.63) is 24.0 Å². The van der Waals surface area contributed by atoms with E-state index in [1.165, 1.54) is 0 Å². The predicted octanol–water partition coefficient (Wildman–Crippen LogP) is 1.77. The van der Waals surface area contributed by atoms with Gasteiger partial charge in [0.05, 0.1) is 0 Å². The molecule has 1 aliphatic rings. The molecule has 100 valence electrons. The first kappa shape index (κ1) is 13.1. The second-order valence-corrected chi connectivity index (χ2v) is 5.47. The summed E-state index contributed by atoms with van der Waals surface area (Å²) in [6, 6.07) is 2.07. The van der Waals surface area contributed by atoms with Crippen LogP contribution in [0.2, 0.25) is 0 Å². The average Bonchev–Trinajstić information content (AvgIpc) is 2.98. The summed E-state index contributed by atoms with van der Waals surface area (Å²) in [4.78, 5) is 13.9. The molecule has 0 radical (unpaired) electrons. The lowest BCUT2D eigenvalue weighted by atomic mass is 10.00. The zero-order valence-electron chi connectivity index (χ0n) is 11.3. The van der Waals surface area contributed by atoms with E-state index in [-0.39, 0.29) is 11.9 Å². The Bertz CT molecular complexity index is 405. The topological polar surface area (TPSA) is 51.3 Å². The van der Waals surface area contributed by atoms with E-state index in [2.05, 4.69) is 13.8 Å². The third-order valence-electron chi connectivity index (χ3n) is 3.65. The van der Waals surface area contributed by atoms with Gasteiger partial charge in [-0.3, -0.25) is 4.79 Å². The molecule has 1 atom stereocenters. The van der Waals surface area contributed by atoms with Gasteiger partial charge in [-0.2, -0.15) is 0 Å². The second-order valence-electron chi connectivity index (χ2n) is 5.47. The van der Waals surface area contributed by atoms with Crippen molar-refractivity contribution in [2.45, 2.75) is 39.3 Å². The van der Waals surface area contributed by atoms with E-state index in [1.807, 2.05) is 27.9 Å². The van der Waals surface area contributed by atoms with Gasteiger partial charge >= 0.3 is 0 Å². The van der Waals surface area contributed by atoms with Gasteiger partial charge in [-0.05, 0) is 30.4 Å². The summed E-state index contributed by atoms with van der Waals surface area (Å²) in [6.45, 7) is 6.48. The van der Waals surface area contributed by atoms with E-state index in [0.717, 1.165) is 31.5 Å². The van der Waals surface area contributed by atoms with Crippen molar-refractivity contribution in [1.82, 2.24) is 9.47 Å². The van der Waals surface area contributed by atoms with Crippen molar-refractivity contribution < 1.29 is 4.79 Å². The number of hydrogen-bond acceptors (Lipinski definition) is 2. The highest BCUT2D eigenvalue weighted by molar-refractivity contribution is 5.76. The Morgan fingerprint density at radius 2 is 2.06 bits per heavy atom. The van der Waals surface area contributed by atoms with Crippen LogP contribution in [-0.4, -0.2) is 28.5 Å². The molecule has 1 aromatic heterocycles. The maximum absolute atomic E-state index is 12.0. The molecule has 1 aliphatic heterocycles. The fourth-order valence-electron chi connectivity index (χ4n) is 2.36.